The highest BCUT2D eigenvalue weighted by Gasteiger charge is 2.19. The quantitative estimate of drug-likeness (QED) is 0.126. The van der Waals surface area contributed by atoms with Gasteiger partial charge in [0.25, 0.3) is 0 Å². The first-order chi connectivity index (χ1) is 25.8. The van der Waals surface area contributed by atoms with Crippen molar-refractivity contribution in [3.05, 3.63) is 200 Å². The molecule has 0 fully saturated rings. The van der Waals surface area contributed by atoms with Crippen LogP contribution in [0.1, 0.15) is 0 Å². The maximum atomic E-state index is 5.25. The van der Waals surface area contributed by atoms with Crippen LogP contribution in [0.4, 0.5) is 0 Å². The molecular weight excluding hydrogens is 648 g/mol. The average molecular weight is 681 g/mol. The summed E-state index contributed by atoms with van der Waals surface area (Å²) in [6, 6.07) is 72.6. The number of aromatic nitrogens is 2. The maximum absolute atomic E-state index is 5.25. The van der Waals surface area contributed by atoms with E-state index in [4.69, 9.17) is 4.98 Å². The third-order valence-corrected chi connectivity index (χ3v) is 12.6. The van der Waals surface area contributed by atoms with E-state index in [1.165, 1.54) is 54.2 Å². The summed E-state index contributed by atoms with van der Waals surface area (Å²) in [5, 5.41) is 10.0. The van der Waals surface area contributed by atoms with E-state index >= 15 is 0 Å². The molecule has 0 aliphatic heterocycles. The van der Waals surface area contributed by atoms with Gasteiger partial charge in [0, 0.05) is 32.8 Å². The third kappa shape index (κ3) is 5.20. The molecule has 10 rings (SSSR count). The van der Waals surface area contributed by atoms with E-state index in [1.807, 2.05) is 0 Å². The lowest BCUT2D eigenvalue weighted by atomic mass is 9.97. The summed E-state index contributed by atoms with van der Waals surface area (Å²) in [7, 11) is -0.663. The van der Waals surface area contributed by atoms with Crippen molar-refractivity contribution in [1.29, 1.82) is 0 Å². The second-order valence-electron chi connectivity index (χ2n) is 13.2. The van der Waals surface area contributed by atoms with Gasteiger partial charge in [-0.25, -0.2) is 4.98 Å². The Bertz CT molecular complexity index is 2830. The SMILES string of the molecule is c1ccc(-c2nc3ccccc3c3cc4c(cc23)c2cc(-c3ccc(P(c5ccccc5)c5ccccc5)cc3)ccc2n4-c2ccccc2)cc1. The van der Waals surface area contributed by atoms with Gasteiger partial charge in [-0.05, 0) is 82.8 Å². The molecule has 244 valence electrons. The molecule has 0 atom stereocenters. The van der Waals surface area contributed by atoms with Crippen molar-refractivity contribution in [3.8, 4) is 28.1 Å². The molecule has 3 heteroatoms. The fraction of sp³-hybridized carbons (Fsp3) is 0. The molecule has 0 radical (unpaired) electrons. The van der Waals surface area contributed by atoms with Crippen molar-refractivity contribution in [2.24, 2.45) is 0 Å². The van der Waals surface area contributed by atoms with Crippen LogP contribution in [0.15, 0.2) is 200 Å². The highest BCUT2D eigenvalue weighted by molar-refractivity contribution is 7.79. The monoisotopic (exact) mass is 680 g/mol. The summed E-state index contributed by atoms with van der Waals surface area (Å²) in [4.78, 5) is 5.25. The van der Waals surface area contributed by atoms with Crippen LogP contribution in [-0.2, 0) is 0 Å². The highest BCUT2D eigenvalue weighted by atomic mass is 31.1. The number of benzene rings is 8. The van der Waals surface area contributed by atoms with E-state index in [1.54, 1.807) is 0 Å². The predicted octanol–water partition coefficient (Wildman–Crippen LogP) is 11.6. The normalized spacial score (nSPS) is 11.6. The van der Waals surface area contributed by atoms with Crippen molar-refractivity contribution < 1.29 is 0 Å². The molecular formula is C49H33N2P. The fourth-order valence-electron chi connectivity index (χ4n) is 7.72. The van der Waals surface area contributed by atoms with Crippen LogP contribution >= 0.6 is 7.92 Å². The van der Waals surface area contributed by atoms with Gasteiger partial charge in [-0.3, -0.25) is 0 Å². The lowest BCUT2D eigenvalue weighted by Gasteiger charge is -2.19. The Labute approximate surface area is 304 Å². The number of nitrogens with zero attached hydrogens (tertiary/aromatic N) is 2. The van der Waals surface area contributed by atoms with Crippen LogP contribution in [0, 0.1) is 0 Å². The summed E-state index contributed by atoms with van der Waals surface area (Å²) in [5.41, 5.74) is 9.07. The zero-order valence-corrected chi connectivity index (χ0v) is 29.3. The van der Waals surface area contributed by atoms with Gasteiger partial charge in [-0.2, -0.15) is 0 Å². The lowest BCUT2D eigenvalue weighted by molar-refractivity contribution is 1.18. The van der Waals surface area contributed by atoms with E-state index in [0.29, 0.717) is 0 Å². The Kier molecular flexibility index (Phi) is 7.48. The maximum Gasteiger partial charge on any atom is 0.0788 e. The zero-order chi connectivity index (χ0) is 34.4. The Morgan fingerprint density at radius 1 is 0.346 bits per heavy atom. The van der Waals surface area contributed by atoms with Gasteiger partial charge in [0.15, 0.2) is 0 Å². The molecule has 2 nitrogen and oxygen atoms in total. The van der Waals surface area contributed by atoms with Gasteiger partial charge in [-0.15, -0.1) is 0 Å². The van der Waals surface area contributed by atoms with Gasteiger partial charge in [0.1, 0.15) is 0 Å². The van der Waals surface area contributed by atoms with Crippen LogP contribution < -0.4 is 15.9 Å². The largest absolute Gasteiger partial charge is 0.309 e. The van der Waals surface area contributed by atoms with Crippen molar-refractivity contribution in [1.82, 2.24) is 9.55 Å². The molecule has 0 bridgehead atoms. The molecule has 0 amide bonds. The summed E-state index contributed by atoms with van der Waals surface area (Å²) in [5.74, 6) is 0. The van der Waals surface area contributed by atoms with Crippen LogP contribution in [0.2, 0.25) is 0 Å². The summed E-state index contributed by atoms with van der Waals surface area (Å²) in [6.45, 7) is 0. The van der Waals surface area contributed by atoms with E-state index in [0.717, 1.165) is 33.2 Å². The standard InChI is InChI=1S/C49H33N2P/c1-5-15-35(16-6-1)49-45-32-44-43-31-36(34-25-28-40(29-26-34)52(38-19-9-3-10-20-38)39-21-11-4-12-22-39)27-30-47(43)51(37-17-7-2-8-18-37)48(44)33-42(45)41-23-13-14-24-46(41)50-49/h1-33H. The van der Waals surface area contributed by atoms with Gasteiger partial charge < -0.3 is 4.57 Å². The topological polar surface area (TPSA) is 17.8 Å². The van der Waals surface area contributed by atoms with E-state index < -0.39 is 7.92 Å². The molecule has 0 N–H and O–H groups in total. The first-order valence-corrected chi connectivity index (χ1v) is 19.1. The number of fused-ring (bicyclic) bond motifs is 6. The second kappa shape index (κ2) is 12.8. The van der Waals surface area contributed by atoms with Crippen molar-refractivity contribution >= 4 is 67.3 Å². The first kappa shape index (κ1) is 30.5. The summed E-state index contributed by atoms with van der Waals surface area (Å²) in [6.07, 6.45) is 0. The molecule has 0 unspecified atom stereocenters. The molecule has 2 aromatic heterocycles. The molecule has 52 heavy (non-hydrogen) atoms. The minimum absolute atomic E-state index is 0.663. The molecule has 2 heterocycles. The van der Waals surface area contributed by atoms with E-state index in [9.17, 15) is 0 Å². The molecule has 0 spiro atoms. The van der Waals surface area contributed by atoms with Gasteiger partial charge >= 0.3 is 0 Å². The average Bonchev–Trinajstić information content (AvgIpc) is 3.54. The van der Waals surface area contributed by atoms with Crippen molar-refractivity contribution in [3.63, 3.8) is 0 Å². The predicted molar refractivity (Wildman–Crippen MR) is 223 cm³/mol. The number of pyridine rings is 1. The minimum Gasteiger partial charge on any atom is -0.309 e. The zero-order valence-electron chi connectivity index (χ0n) is 28.4. The van der Waals surface area contributed by atoms with Crippen LogP contribution in [-0.4, -0.2) is 9.55 Å². The Morgan fingerprint density at radius 2 is 0.904 bits per heavy atom. The highest BCUT2D eigenvalue weighted by Crippen LogP contribution is 2.41. The molecule has 8 aromatic carbocycles. The lowest BCUT2D eigenvalue weighted by Crippen LogP contribution is -2.20. The molecule has 0 saturated heterocycles. The van der Waals surface area contributed by atoms with Gasteiger partial charge in [0.05, 0.1) is 22.2 Å². The van der Waals surface area contributed by atoms with Gasteiger partial charge in [-0.1, -0.05) is 158 Å². The Balaban J connectivity index is 1.18. The van der Waals surface area contributed by atoms with Crippen LogP contribution in [0.5, 0.6) is 0 Å². The summed E-state index contributed by atoms with van der Waals surface area (Å²) >= 11 is 0. The van der Waals surface area contributed by atoms with Crippen molar-refractivity contribution in [2.45, 2.75) is 0 Å². The number of hydrogen-bond acceptors (Lipinski definition) is 1. The molecule has 10 aromatic rings. The number of para-hydroxylation sites is 2. The van der Waals surface area contributed by atoms with E-state index in [-0.39, 0.29) is 0 Å². The van der Waals surface area contributed by atoms with Crippen LogP contribution in [0.3, 0.4) is 0 Å². The molecule has 0 aliphatic carbocycles. The number of rotatable bonds is 6. The number of hydrogen-bond donors (Lipinski definition) is 0. The fourth-order valence-corrected chi connectivity index (χ4v) is 10.0. The smallest absolute Gasteiger partial charge is 0.0788 e. The van der Waals surface area contributed by atoms with Crippen molar-refractivity contribution in [2.75, 3.05) is 0 Å². The Hall–Kier alpha value is -6.34. The Morgan fingerprint density at radius 3 is 1.60 bits per heavy atom. The van der Waals surface area contributed by atoms with Crippen LogP contribution in [0.25, 0.3) is 71.6 Å². The molecule has 0 saturated carbocycles. The van der Waals surface area contributed by atoms with E-state index in [2.05, 4.69) is 205 Å². The summed E-state index contributed by atoms with van der Waals surface area (Å²) < 4.78 is 2.42. The second-order valence-corrected chi connectivity index (χ2v) is 15.4. The minimum atomic E-state index is -0.663. The first-order valence-electron chi connectivity index (χ1n) is 17.7. The van der Waals surface area contributed by atoms with Gasteiger partial charge in [0.2, 0.25) is 0 Å². The third-order valence-electron chi connectivity index (χ3n) is 10.1. The molecule has 0 aliphatic rings.